The molecule has 22 heavy (non-hydrogen) atoms. The highest BCUT2D eigenvalue weighted by Crippen LogP contribution is 2.45. The molecule has 4 nitrogen and oxygen atoms in total. The van der Waals surface area contributed by atoms with Crippen LogP contribution in [0.4, 0.5) is 4.79 Å². The number of carbonyl (C=O) groups excluding carboxylic acids is 1. The van der Waals surface area contributed by atoms with Crippen molar-refractivity contribution in [3.05, 3.63) is 35.9 Å². The SMILES string of the molecule is O=C(NCC(O)(c1ccccc1)C1CC1)NC1CCCCC1. The lowest BCUT2D eigenvalue weighted by Crippen LogP contribution is -2.48. The van der Waals surface area contributed by atoms with Crippen LogP contribution in [-0.4, -0.2) is 23.7 Å². The smallest absolute Gasteiger partial charge is 0.315 e. The standard InChI is InChI=1S/C18H26N2O2/c21-17(20-16-9-5-2-6-10-16)19-13-18(22,15-11-12-15)14-7-3-1-4-8-14/h1,3-4,7-8,15-16,22H,2,5-6,9-13H2,(H2,19,20,21). The van der Waals surface area contributed by atoms with Gasteiger partial charge in [-0.2, -0.15) is 0 Å². The van der Waals surface area contributed by atoms with E-state index in [4.69, 9.17) is 0 Å². The summed E-state index contributed by atoms with van der Waals surface area (Å²) in [6.45, 7) is 0.278. The van der Waals surface area contributed by atoms with Crippen molar-refractivity contribution >= 4 is 6.03 Å². The lowest BCUT2D eigenvalue weighted by Gasteiger charge is -2.30. The minimum absolute atomic E-state index is 0.151. The Morgan fingerprint density at radius 3 is 2.41 bits per heavy atom. The summed E-state index contributed by atoms with van der Waals surface area (Å²) >= 11 is 0. The highest BCUT2D eigenvalue weighted by molar-refractivity contribution is 5.74. The quantitative estimate of drug-likeness (QED) is 0.783. The molecule has 2 aliphatic carbocycles. The Kier molecular flexibility index (Phi) is 4.67. The van der Waals surface area contributed by atoms with Gasteiger partial charge in [0.1, 0.15) is 5.60 Å². The molecule has 120 valence electrons. The van der Waals surface area contributed by atoms with Crippen molar-refractivity contribution < 1.29 is 9.90 Å². The van der Waals surface area contributed by atoms with E-state index in [-0.39, 0.29) is 18.5 Å². The number of carbonyl (C=O) groups is 1. The van der Waals surface area contributed by atoms with Crippen LogP contribution in [0.5, 0.6) is 0 Å². The first kappa shape index (κ1) is 15.3. The van der Waals surface area contributed by atoms with Crippen LogP contribution in [0.2, 0.25) is 0 Å². The summed E-state index contributed by atoms with van der Waals surface area (Å²) in [6, 6.07) is 9.84. The minimum atomic E-state index is -0.939. The number of hydrogen-bond acceptors (Lipinski definition) is 2. The molecule has 0 radical (unpaired) electrons. The Labute approximate surface area is 132 Å². The van der Waals surface area contributed by atoms with Gasteiger partial charge >= 0.3 is 6.03 Å². The monoisotopic (exact) mass is 302 g/mol. The highest BCUT2D eigenvalue weighted by Gasteiger charge is 2.45. The maximum Gasteiger partial charge on any atom is 0.315 e. The Morgan fingerprint density at radius 1 is 1.09 bits per heavy atom. The zero-order chi connectivity index (χ0) is 15.4. The molecule has 0 saturated heterocycles. The average molecular weight is 302 g/mol. The number of rotatable bonds is 5. The van der Waals surface area contributed by atoms with Crippen LogP contribution in [0.25, 0.3) is 0 Å². The van der Waals surface area contributed by atoms with E-state index in [2.05, 4.69) is 10.6 Å². The normalized spacial score (nSPS) is 21.9. The van der Waals surface area contributed by atoms with Crippen molar-refractivity contribution in [2.24, 2.45) is 5.92 Å². The summed E-state index contributed by atoms with van der Waals surface area (Å²) in [4.78, 5) is 12.1. The summed E-state index contributed by atoms with van der Waals surface area (Å²) < 4.78 is 0. The molecular formula is C18H26N2O2. The van der Waals surface area contributed by atoms with Crippen molar-refractivity contribution in [1.82, 2.24) is 10.6 Å². The van der Waals surface area contributed by atoms with Gasteiger partial charge in [0.05, 0.1) is 6.54 Å². The fourth-order valence-electron chi connectivity index (χ4n) is 3.47. The van der Waals surface area contributed by atoms with Crippen molar-refractivity contribution in [2.75, 3.05) is 6.54 Å². The van der Waals surface area contributed by atoms with Crippen LogP contribution in [0.3, 0.4) is 0 Å². The summed E-state index contributed by atoms with van der Waals surface area (Å²) in [5, 5.41) is 17.0. The fraction of sp³-hybridized carbons (Fsp3) is 0.611. The van der Waals surface area contributed by atoms with Gasteiger partial charge in [-0.3, -0.25) is 0 Å². The highest BCUT2D eigenvalue weighted by atomic mass is 16.3. The first-order valence-corrected chi connectivity index (χ1v) is 8.51. The minimum Gasteiger partial charge on any atom is -0.383 e. The Balaban J connectivity index is 1.56. The average Bonchev–Trinajstić information content (AvgIpc) is 3.40. The molecule has 2 saturated carbocycles. The third-order valence-electron chi connectivity index (χ3n) is 4.99. The van der Waals surface area contributed by atoms with E-state index in [9.17, 15) is 9.90 Å². The molecule has 1 unspecified atom stereocenters. The Bertz CT molecular complexity index is 495. The topological polar surface area (TPSA) is 61.4 Å². The molecule has 2 amide bonds. The van der Waals surface area contributed by atoms with Crippen molar-refractivity contribution in [1.29, 1.82) is 0 Å². The molecule has 1 atom stereocenters. The molecule has 1 aromatic carbocycles. The first-order chi connectivity index (χ1) is 10.7. The zero-order valence-electron chi connectivity index (χ0n) is 13.1. The lowest BCUT2D eigenvalue weighted by atomic mass is 9.88. The van der Waals surface area contributed by atoms with Gasteiger partial charge in [0.25, 0.3) is 0 Å². The van der Waals surface area contributed by atoms with Crippen LogP contribution in [-0.2, 0) is 5.60 Å². The summed E-state index contributed by atoms with van der Waals surface area (Å²) in [6.07, 6.45) is 7.85. The van der Waals surface area contributed by atoms with E-state index in [0.717, 1.165) is 31.2 Å². The van der Waals surface area contributed by atoms with Gasteiger partial charge in [-0.25, -0.2) is 4.79 Å². The number of benzene rings is 1. The number of urea groups is 1. The van der Waals surface area contributed by atoms with Crippen LogP contribution >= 0.6 is 0 Å². The molecule has 2 aliphatic rings. The molecule has 4 heteroatoms. The maximum absolute atomic E-state index is 12.1. The zero-order valence-corrected chi connectivity index (χ0v) is 13.1. The van der Waals surface area contributed by atoms with E-state index in [1.807, 2.05) is 30.3 Å². The van der Waals surface area contributed by atoms with Gasteiger partial charge in [0.15, 0.2) is 0 Å². The number of hydrogen-bond donors (Lipinski definition) is 3. The van der Waals surface area contributed by atoms with Crippen molar-refractivity contribution in [3.8, 4) is 0 Å². The van der Waals surface area contributed by atoms with Crippen molar-refractivity contribution in [3.63, 3.8) is 0 Å². The van der Waals surface area contributed by atoms with Gasteiger partial charge < -0.3 is 15.7 Å². The van der Waals surface area contributed by atoms with Crippen molar-refractivity contribution in [2.45, 2.75) is 56.6 Å². The van der Waals surface area contributed by atoms with Crippen LogP contribution in [0.1, 0.15) is 50.5 Å². The predicted molar refractivity (Wildman–Crippen MR) is 86.5 cm³/mol. The summed E-state index contributed by atoms with van der Waals surface area (Å²) in [5.74, 6) is 0.255. The maximum atomic E-state index is 12.1. The van der Waals surface area contributed by atoms with E-state index in [1.54, 1.807) is 0 Å². The third-order valence-corrected chi connectivity index (χ3v) is 4.99. The van der Waals surface area contributed by atoms with Gasteiger partial charge in [-0.1, -0.05) is 49.6 Å². The van der Waals surface area contributed by atoms with E-state index in [1.165, 1.54) is 19.3 Å². The molecule has 0 aromatic heterocycles. The molecule has 3 N–H and O–H groups in total. The van der Waals surface area contributed by atoms with Gasteiger partial charge in [0, 0.05) is 6.04 Å². The number of aliphatic hydroxyl groups is 1. The Morgan fingerprint density at radius 2 is 1.77 bits per heavy atom. The van der Waals surface area contributed by atoms with Crippen LogP contribution in [0.15, 0.2) is 30.3 Å². The second-order valence-corrected chi connectivity index (χ2v) is 6.73. The fourth-order valence-corrected chi connectivity index (χ4v) is 3.47. The molecule has 0 aliphatic heterocycles. The predicted octanol–water partition coefficient (Wildman–Crippen LogP) is 2.92. The molecular weight excluding hydrogens is 276 g/mol. The number of nitrogens with one attached hydrogen (secondary N) is 2. The second-order valence-electron chi connectivity index (χ2n) is 6.73. The second kappa shape index (κ2) is 6.69. The van der Waals surface area contributed by atoms with E-state index >= 15 is 0 Å². The largest absolute Gasteiger partial charge is 0.383 e. The molecule has 0 spiro atoms. The molecule has 1 aromatic rings. The van der Waals surface area contributed by atoms with E-state index in [0.29, 0.717) is 6.04 Å². The first-order valence-electron chi connectivity index (χ1n) is 8.51. The molecule has 2 fully saturated rings. The van der Waals surface area contributed by atoms with E-state index < -0.39 is 5.60 Å². The van der Waals surface area contributed by atoms with Crippen LogP contribution in [0, 0.1) is 5.92 Å². The number of amides is 2. The third kappa shape index (κ3) is 3.61. The summed E-state index contributed by atoms with van der Waals surface area (Å²) in [7, 11) is 0. The van der Waals surface area contributed by atoms with Gasteiger partial charge in [-0.05, 0) is 37.2 Å². The molecule has 0 heterocycles. The molecule has 0 bridgehead atoms. The summed E-state index contributed by atoms with van der Waals surface area (Å²) in [5.41, 5.74) is -0.0407. The van der Waals surface area contributed by atoms with Gasteiger partial charge in [-0.15, -0.1) is 0 Å². The lowest BCUT2D eigenvalue weighted by molar-refractivity contribution is 0.0158. The Hall–Kier alpha value is -1.55. The van der Waals surface area contributed by atoms with Gasteiger partial charge in [0.2, 0.25) is 0 Å². The molecule has 3 rings (SSSR count). The van der Waals surface area contributed by atoms with Crippen LogP contribution < -0.4 is 10.6 Å².